The summed E-state index contributed by atoms with van der Waals surface area (Å²) in [6.45, 7) is 3.82. The number of aryl methyl sites for hydroxylation is 2. The predicted molar refractivity (Wildman–Crippen MR) is 90.6 cm³/mol. The highest BCUT2D eigenvalue weighted by Crippen LogP contribution is 2.21. The van der Waals surface area contributed by atoms with Crippen molar-refractivity contribution in [3.63, 3.8) is 0 Å². The van der Waals surface area contributed by atoms with E-state index in [9.17, 15) is 9.90 Å². The van der Waals surface area contributed by atoms with E-state index in [1.165, 1.54) is 0 Å². The van der Waals surface area contributed by atoms with Gasteiger partial charge in [-0.1, -0.05) is 37.1 Å². The van der Waals surface area contributed by atoms with Gasteiger partial charge in [0, 0.05) is 12.1 Å². The molecule has 0 saturated carbocycles. The molecule has 0 aliphatic carbocycles. The van der Waals surface area contributed by atoms with Gasteiger partial charge in [0.15, 0.2) is 0 Å². The van der Waals surface area contributed by atoms with E-state index in [1.807, 2.05) is 0 Å². The second-order valence-electron chi connectivity index (χ2n) is 5.86. The maximum atomic E-state index is 12.3. The van der Waals surface area contributed by atoms with E-state index in [-0.39, 0.29) is 12.5 Å². The molecular weight excluding hydrogens is 314 g/mol. The number of hydrogen-bond acceptors (Lipinski definition) is 3. The Hall–Kier alpha value is -1.85. The molecule has 23 heavy (non-hydrogen) atoms. The highest BCUT2D eigenvalue weighted by atomic mass is 35.5. The zero-order valence-corrected chi connectivity index (χ0v) is 14.4. The number of amides is 1. The van der Waals surface area contributed by atoms with Gasteiger partial charge in [-0.25, -0.2) is 0 Å². The van der Waals surface area contributed by atoms with Gasteiger partial charge in [-0.15, -0.1) is 0 Å². The van der Waals surface area contributed by atoms with Crippen LogP contribution in [-0.4, -0.2) is 27.3 Å². The zero-order chi connectivity index (χ0) is 17.0. The van der Waals surface area contributed by atoms with Crippen LogP contribution in [0.2, 0.25) is 5.02 Å². The van der Waals surface area contributed by atoms with Crippen LogP contribution >= 0.6 is 11.6 Å². The molecule has 5 nitrogen and oxygen atoms in total. The van der Waals surface area contributed by atoms with Gasteiger partial charge in [-0.2, -0.15) is 5.10 Å². The van der Waals surface area contributed by atoms with Gasteiger partial charge in [0.1, 0.15) is 11.3 Å². The molecule has 124 valence electrons. The SMILES string of the molecule is CCCc1cc(C(=O)NCC(C)(O)c2ccc(Cl)cc2)n(C)n1. The van der Waals surface area contributed by atoms with E-state index in [4.69, 9.17) is 11.6 Å². The minimum atomic E-state index is -1.18. The van der Waals surface area contributed by atoms with E-state index in [0.717, 1.165) is 18.5 Å². The fourth-order valence-electron chi connectivity index (χ4n) is 2.37. The lowest BCUT2D eigenvalue weighted by Crippen LogP contribution is -2.39. The third-order valence-corrected chi connectivity index (χ3v) is 3.98. The molecule has 0 spiro atoms. The van der Waals surface area contributed by atoms with Crippen LogP contribution in [0.25, 0.3) is 0 Å². The van der Waals surface area contributed by atoms with Crippen molar-refractivity contribution in [3.05, 3.63) is 52.3 Å². The highest BCUT2D eigenvalue weighted by Gasteiger charge is 2.24. The molecule has 0 aliphatic rings. The average Bonchev–Trinajstić information content (AvgIpc) is 2.86. The maximum absolute atomic E-state index is 12.3. The molecule has 1 atom stereocenters. The van der Waals surface area contributed by atoms with Gasteiger partial charge >= 0.3 is 0 Å². The lowest BCUT2D eigenvalue weighted by atomic mass is 9.96. The largest absolute Gasteiger partial charge is 0.384 e. The number of aromatic nitrogens is 2. The summed E-state index contributed by atoms with van der Waals surface area (Å²) in [6, 6.07) is 8.71. The molecule has 0 aliphatic heterocycles. The topological polar surface area (TPSA) is 67.2 Å². The number of halogens is 1. The van der Waals surface area contributed by atoms with Gasteiger partial charge in [-0.3, -0.25) is 9.48 Å². The summed E-state index contributed by atoms with van der Waals surface area (Å²) in [7, 11) is 1.74. The molecule has 0 saturated heterocycles. The van der Waals surface area contributed by atoms with Crippen molar-refractivity contribution in [2.75, 3.05) is 6.54 Å². The molecule has 2 rings (SSSR count). The van der Waals surface area contributed by atoms with Crippen molar-refractivity contribution in [2.45, 2.75) is 32.3 Å². The molecule has 6 heteroatoms. The standard InChI is InChI=1S/C17H22ClN3O2/c1-4-5-14-10-15(21(3)20-14)16(22)19-11-17(2,23)12-6-8-13(18)9-7-12/h6-10,23H,4-5,11H2,1-3H3,(H,19,22). The molecule has 1 unspecified atom stereocenters. The van der Waals surface area contributed by atoms with Crippen molar-refractivity contribution in [2.24, 2.45) is 7.05 Å². The molecule has 2 N–H and O–H groups in total. The number of nitrogens with zero attached hydrogens (tertiary/aromatic N) is 2. The van der Waals surface area contributed by atoms with Crippen LogP contribution in [0.15, 0.2) is 30.3 Å². The fourth-order valence-corrected chi connectivity index (χ4v) is 2.50. The minimum absolute atomic E-state index is 0.0990. The Labute approximate surface area is 141 Å². The average molecular weight is 336 g/mol. The molecule has 1 amide bonds. The number of carbonyl (C=O) groups is 1. The molecule has 0 bridgehead atoms. The quantitative estimate of drug-likeness (QED) is 0.852. The van der Waals surface area contributed by atoms with Crippen molar-refractivity contribution in [3.8, 4) is 0 Å². The van der Waals surface area contributed by atoms with Gasteiger partial charge in [0.2, 0.25) is 0 Å². The van der Waals surface area contributed by atoms with E-state index >= 15 is 0 Å². The van der Waals surface area contributed by atoms with Gasteiger partial charge in [0.05, 0.1) is 12.2 Å². The first kappa shape index (κ1) is 17.5. The van der Waals surface area contributed by atoms with Crippen LogP contribution in [0.1, 0.15) is 42.0 Å². The van der Waals surface area contributed by atoms with Crippen LogP contribution in [0.3, 0.4) is 0 Å². The van der Waals surface area contributed by atoms with E-state index in [1.54, 1.807) is 49.0 Å². The number of carbonyl (C=O) groups excluding carboxylic acids is 1. The molecule has 0 fully saturated rings. The molecule has 1 aromatic carbocycles. The Kier molecular flexibility index (Phi) is 5.44. The number of aliphatic hydroxyl groups is 1. The molecular formula is C17H22ClN3O2. The number of hydrogen-bond donors (Lipinski definition) is 2. The normalized spacial score (nSPS) is 13.6. The van der Waals surface area contributed by atoms with Crippen LogP contribution < -0.4 is 5.32 Å². The van der Waals surface area contributed by atoms with Crippen molar-refractivity contribution in [1.82, 2.24) is 15.1 Å². The predicted octanol–water partition coefficient (Wildman–Crippen LogP) is 2.66. The Morgan fingerprint density at radius 2 is 2.04 bits per heavy atom. The third-order valence-electron chi connectivity index (χ3n) is 3.73. The summed E-state index contributed by atoms with van der Waals surface area (Å²) in [5.74, 6) is -0.253. The Morgan fingerprint density at radius 1 is 1.39 bits per heavy atom. The summed E-state index contributed by atoms with van der Waals surface area (Å²) in [4.78, 5) is 12.3. The number of rotatable bonds is 6. The van der Waals surface area contributed by atoms with Crippen LogP contribution in [0.5, 0.6) is 0 Å². The van der Waals surface area contributed by atoms with Crippen molar-refractivity contribution in [1.29, 1.82) is 0 Å². The lowest BCUT2D eigenvalue weighted by Gasteiger charge is -2.24. The second-order valence-corrected chi connectivity index (χ2v) is 6.29. The summed E-state index contributed by atoms with van der Waals surface area (Å²) < 4.78 is 1.57. The number of nitrogens with one attached hydrogen (secondary N) is 1. The van der Waals surface area contributed by atoms with E-state index in [2.05, 4.69) is 17.3 Å². The highest BCUT2D eigenvalue weighted by molar-refractivity contribution is 6.30. The minimum Gasteiger partial charge on any atom is -0.384 e. The van der Waals surface area contributed by atoms with E-state index < -0.39 is 5.60 Å². The van der Waals surface area contributed by atoms with Gasteiger partial charge in [-0.05, 0) is 37.1 Å². The Balaban J connectivity index is 2.04. The van der Waals surface area contributed by atoms with Crippen LogP contribution in [-0.2, 0) is 19.1 Å². The monoisotopic (exact) mass is 335 g/mol. The zero-order valence-electron chi connectivity index (χ0n) is 13.6. The van der Waals surface area contributed by atoms with Crippen molar-refractivity contribution < 1.29 is 9.90 Å². The smallest absolute Gasteiger partial charge is 0.269 e. The first-order chi connectivity index (χ1) is 10.8. The summed E-state index contributed by atoms with van der Waals surface area (Å²) in [5.41, 5.74) is 0.897. The Morgan fingerprint density at radius 3 is 2.65 bits per heavy atom. The number of benzene rings is 1. The first-order valence-electron chi connectivity index (χ1n) is 7.63. The van der Waals surface area contributed by atoms with Crippen molar-refractivity contribution >= 4 is 17.5 Å². The lowest BCUT2D eigenvalue weighted by molar-refractivity contribution is 0.0523. The Bertz CT molecular complexity index is 678. The third kappa shape index (κ3) is 4.33. The summed E-state index contributed by atoms with van der Waals surface area (Å²) in [6.07, 6.45) is 1.81. The second kappa shape index (κ2) is 7.15. The van der Waals surface area contributed by atoms with E-state index in [0.29, 0.717) is 16.3 Å². The van der Waals surface area contributed by atoms with Gasteiger partial charge in [0.25, 0.3) is 5.91 Å². The fraction of sp³-hybridized carbons (Fsp3) is 0.412. The summed E-state index contributed by atoms with van der Waals surface area (Å²) in [5, 5.41) is 18.2. The molecule has 1 heterocycles. The summed E-state index contributed by atoms with van der Waals surface area (Å²) >= 11 is 5.85. The molecule has 2 aromatic rings. The van der Waals surface area contributed by atoms with Gasteiger partial charge < -0.3 is 10.4 Å². The van der Waals surface area contributed by atoms with Crippen LogP contribution in [0.4, 0.5) is 0 Å². The first-order valence-corrected chi connectivity index (χ1v) is 8.01. The maximum Gasteiger partial charge on any atom is 0.269 e. The molecule has 0 radical (unpaired) electrons. The molecule has 1 aromatic heterocycles. The van der Waals surface area contributed by atoms with Crippen LogP contribution in [0, 0.1) is 0 Å².